The highest BCUT2D eigenvalue weighted by molar-refractivity contribution is 7.73. The Hall–Kier alpha value is -2.25. The van der Waals surface area contributed by atoms with E-state index in [0.29, 0.717) is 25.5 Å². The topological polar surface area (TPSA) is 63.8 Å². The van der Waals surface area contributed by atoms with Gasteiger partial charge in [-0.1, -0.05) is 0 Å². The molecule has 0 fully saturated rings. The van der Waals surface area contributed by atoms with Gasteiger partial charge in [0.05, 0.1) is 17.3 Å². The average molecular weight is 332 g/mol. The van der Waals surface area contributed by atoms with Crippen LogP contribution in [0.15, 0.2) is 28.8 Å². The highest BCUT2D eigenvalue weighted by atomic mass is 32.1. The highest BCUT2D eigenvalue weighted by Crippen LogP contribution is 2.27. The molecule has 1 aromatic heterocycles. The molecule has 7 heteroatoms. The quantitative estimate of drug-likeness (QED) is 0.669. The third-order valence-electron chi connectivity index (χ3n) is 3.31. The minimum Gasteiger partial charge on any atom is -0.497 e. The van der Waals surface area contributed by atoms with Crippen LogP contribution in [0.1, 0.15) is 4.88 Å². The number of ether oxygens (including phenoxy) is 1. The Morgan fingerprint density at radius 1 is 1.45 bits per heavy atom. The lowest BCUT2D eigenvalue weighted by Crippen LogP contribution is -2.30. The van der Waals surface area contributed by atoms with Crippen LogP contribution in [0.2, 0.25) is 0 Å². The third kappa shape index (κ3) is 2.49. The molecule has 1 amide bonds. The van der Waals surface area contributed by atoms with E-state index in [-0.39, 0.29) is 11.8 Å². The van der Waals surface area contributed by atoms with Gasteiger partial charge in [-0.25, -0.2) is 4.99 Å². The maximum absolute atomic E-state index is 12.1. The molecule has 1 N–H and O–H groups in total. The Morgan fingerprint density at radius 3 is 2.86 bits per heavy atom. The number of amides is 1. The highest BCUT2D eigenvalue weighted by Gasteiger charge is 2.14. The van der Waals surface area contributed by atoms with E-state index in [1.54, 1.807) is 32.4 Å². The Bertz CT molecular complexity index is 983. The maximum Gasteiger partial charge on any atom is 0.277 e. The first-order chi connectivity index (χ1) is 10.5. The smallest absolute Gasteiger partial charge is 0.277 e. The summed E-state index contributed by atoms with van der Waals surface area (Å²) < 4.78 is 7.16. The summed E-state index contributed by atoms with van der Waals surface area (Å²) in [6.45, 7) is 0. The van der Waals surface area contributed by atoms with Crippen molar-refractivity contribution >= 4 is 41.6 Å². The van der Waals surface area contributed by atoms with E-state index in [4.69, 9.17) is 17.0 Å². The number of fused-ring (bicyclic) bond motifs is 1. The molecule has 0 atom stereocenters. The standard InChI is InChI=1S/C15H12N2O3S2/c1-17-14(19)12(22-15(17)21)6-9-5-8-3-4-10(20-2)7-11(8)16-13(9)18/h3-7,19H,1-2H3/b9-6+. The van der Waals surface area contributed by atoms with Gasteiger partial charge < -0.3 is 9.84 Å². The fourth-order valence-electron chi connectivity index (χ4n) is 2.07. The molecule has 0 bridgehead atoms. The predicted molar refractivity (Wildman–Crippen MR) is 87.0 cm³/mol. The first-order valence-corrected chi connectivity index (χ1v) is 7.61. The second-order valence-corrected chi connectivity index (χ2v) is 6.38. The summed E-state index contributed by atoms with van der Waals surface area (Å²) in [5.41, 5.74) is 0.407. The van der Waals surface area contributed by atoms with Gasteiger partial charge in [-0.2, -0.15) is 0 Å². The van der Waals surface area contributed by atoms with Crippen molar-refractivity contribution in [2.45, 2.75) is 0 Å². The van der Waals surface area contributed by atoms with Gasteiger partial charge >= 0.3 is 0 Å². The largest absolute Gasteiger partial charge is 0.497 e. The van der Waals surface area contributed by atoms with E-state index in [2.05, 4.69) is 4.99 Å². The second-order valence-electron chi connectivity index (χ2n) is 4.70. The molecule has 112 valence electrons. The minimum absolute atomic E-state index is 0.0456. The molecule has 1 aromatic carbocycles. The molecule has 0 saturated heterocycles. The first-order valence-electron chi connectivity index (χ1n) is 6.39. The summed E-state index contributed by atoms with van der Waals surface area (Å²) in [6, 6.07) is 5.36. The van der Waals surface area contributed by atoms with Crippen LogP contribution in [0, 0.1) is 3.95 Å². The van der Waals surface area contributed by atoms with Crippen LogP contribution in [0.25, 0.3) is 12.2 Å². The van der Waals surface area contributed by atoms with Crippen molar-refractivity contribution in [3.05, 3.63) is 43.2 Å². The Balaban J connectivity index is 2.14. The normalized spacial score (nSPS) is 15.2. The zero-order valence-electron chi connectivity index (χ0n) is 11.9. The lowest BCUT2D eigenvalue weighted by atomic mass is 10.1. The van der Waals surface area contributed by atoms with Gasteiger partial charge in [0, 0.05) is 23.9 Å². The number of aromatic hydroxyl groups is 1. The molecule has 0 saturated carbocycles. The fraction of sp³-hybridized carbons (Fsp3) is 0.133. The minimum atomic E-state index is -0.359. The number of thiazole rings is 1. The van der Waals surface area contributed by atoms with Crippen LogP contribution in [-0.2, 0) is 11.8 Å². The van der Waals surface area contributed by atoms with E-state index in [1.807, 2.05) is 12.1 Å². The molecule has 3 rings (SSSR count). The van der Waals surface area contributed by atoms with E-state index < -0.39 is 0 Å². The van der Waals surface area contributed by atoms with Crippen LogP contribution in [0.4, 0.5) is 0 Å². The Morgan fingerprint density at radius 2 is 2.23 bits per heavy atom. The van der Waals surface area contributed by atoms with Crippen molar-refractivity contribution in [2.24, 2.45) is 12.0 Å². The van der Waals surface area contributed by atoms with Crippen molar-refractivity contribution in [3.8, 4) is 11.6 Å². The second kappa shape index (κ2) is 5.51. The first kappa shape index (κ1) is 14.7. The number of methoxy groups -OCH3 is 1. The molecule has 0 aliphatic carbocycles. The fourth-order valence-corrected chi connectivity index (χ4v) is 3.25. The number of benzene rings is 1. The summed E-state index contributed by atoms with van der Waals surface area (Å²) in [5.74, 6) is 0.334. The van der Waals surface area contributed by atoms with Gasteiger partial charge in [0.1, 0.15) is 5.75 Å². The predicted octanol–water partition coefficient (Wildman–Crippen LogP) is 1.55. The number of carbonyl (C=O) groups excluding carboxylic acids is 1. The van der Waals surface area contributed by atoms with Crippen LogP contribution in [-0.4, -0.2) is 22.7 Å². The number of aromatic nitrogens is 1. The van der Waals surface area contributed by atoms with Crippen molar-refractivity contribution < 1.29 is 14.6 Å². The number of nitrogens with zero attached hydrogens (tertiary/aromatic N) is 2. The number of hydrogen-bond donors (Lipinski definition) is 1. The van der Waals surface area contributed by atoms with E-state index in [0.717, 1.165) is 5.22 Å². The summed E-state index contributed by atoms with van der Waals surface area (Å²) in [6.07, 6.45) is 3.35. The molecule has 0 unspecified atom stereocenters. The van der Waals surface area contributed by atoms with Crippen molar-refractivity contribution in [1.29, 1.82) is 0 Å². The van der Waals surface area contributed by atoms with Gasteiger partial charge in [-0.05, 0) is 36.5 Å². The molecule has 2 aromatic rings. The van der Waals surface area contributed by atoms with Gasteiger partial charge in [0.2, 0.25) is 5.88 Å². The molecule has 22 heavy (non-hydrogen) atoms. The third-order valence-corrected chi connectivity index (χ3v) is 4.81. The zero-order valence-corrected chi connectivity index (χ0v) is 13.5. The average Bonchev–Trinajstić information content (AvgIpc) is 2.75. The maximum atomic E-state index is 12.1. The summed E-state index contributed by atoms with van der Waals surface area (Å²) >= 11 is 6.35. The number of carbonyl (C=O) groups is 1. The van der Waals surface area contributed by atoms with E-state index in [1.165, 1.54) is 15.9 Å². The summed E-state index contributed by atoms with van der Waals surface area (Å²) in [5, 5.41) is 11.4. The van der Waals surface area contributed by atoms with E-state index in [9.17, 15) is 9.90 Å². The Kier molecular flexibility index (Phi) is 3.67. The SMILES string of the molecule is COc1ccc2c(c1)=NC(=O)/C(=C/c1sc(=S)n(C)c1O)C=2. The van der Waals surface area contributed by atoms with Crippen LogP contribution >= 0.6 is 23.6 Å². The number of rotatable bonds is 2. The van der Waals surface area contributed by atoms with Gasteiger partial charge in [0.25, 0.3) is 5.91 Å². The van der Waals surface area contributed by atoms with Gasteiger partial charge in [-0.15, -0.1) is 11.3 Å². The molecule has 1 aliphatic heterocycles. The lowest BCUT2D eigenvalue weighted by Gasteiger charge is -2.05. The molecule has 0 spiro atoms. The van der Waals surface area contributed by atoms with Crippen LogP contribution in [0.5, 0.6) is 11.6 Å². The number of hydrogen-bond acceptors (Lipinski definition) is 5. The summed E-state index contributed by atoms with van der Waals surface area (Å²) in [4.78, 5) is 16.8. The monoisotopic (exact) mass is 332 g/mol. The van der Waals surface area contributed by atoms with E-state index >= 15 is 0 Å². The van der Waals surface area contributed by atoms with Crippen LogP contribution in [0.3, 0.4) is 0 Å². The lowest BCUT2D eigenvalue weighted by molar-refractivity contribution is -0.114. The van der Waals surface area contributed by atoms with Crippen LogP contribution < -0.4 is 15.3 Å². The van der Waals surface area contributed by atoms with Crippen molar-refractivity contribution in [2.75, 3.05) is 7.11 Å². The van der Waals surface area contributed by atoms with Crippen molar-refractivity contribution in [1.82, 2.24) is 4.57 Å². The Labute approximate surface area is 135 Å². The molecule has 2 heterocycles. The molecular formula is C15H12N2O3S2. The molecule has 0 radical (unpaired) electrons. The molecule has 5 nitrogen and oxygen atoms in total. The molecular weight excluding hydrogens is 320 g/mol. The zero-order chi connectivity index (χ0) is 15.9. The van der Waals surface area contributed by atoms with Crippen molar-refractivity contribution in [3.63, 3.8) is 0 Å². The summed E-state index contributed by atoms with van der Waals surface area (Å²) in [7, 11) is 3.24. The van der Waals surface area contributed by atoms with Gasteiger partial charge in [0.15, 0.2) is 3.95 Å². The van der Waals surface area contributed by atoms with Gasteiger partial charge in [-0.3, -0.25) is 9.36 Å². The molecule has 1 aliphatic rings.